The van der Waals surface area contributed by atoms with Crippen molar-refractivity contribution in [3.05, 3.63) is 34.9 Å². The van der Waals surface area contributed by atoms with Crippen molar-refractivity contribution >= 4 is 23.4 Å². The molecule has 1 heterocycles. The number of hydrogen-bond donors (Lipinski definition) is 1. The maximum Gasteiger partial charge on any atom is 0.241 e. The van der Waals surface area contributed by atoms with Crippen molar-refractivity contribution < 1.29 is 9.59 Å². The Hall–Kier alpha value is -1.55. The maximum atomic E-state index is 11.7. The monoisotopic (exact) mass is 266 g/mol. The van der Waals surface area contributed by atoms with Gasteiger partial charge in [-0.1, -0.05) is 23.7 Å². The lowest BCUT2D eigenvalue weighted by atomic mass is 10.1. The molecule has 1 fully saturated rings. The van der Waals surface area contributed by atoms with E-state index in [1.165, 1.54) is 0 Å². The van der Waals surface area contributed by atoms with Crippen LogP contribution in [0.5, 0.6) is 0 Å². The van der Waals surface area contributed by atoms with Gasteiger partial charge in [0.25, 0.3) is 0 Å². The topological polar surface area (TPSA) is 49.4 Å². The number of carbonyl (C=O) groups is 2. The van der Waals surface area contributed by atoms with E-state index in [9.17, 15) is 9.59 Å². The summed E-state index contributed by atoms with van der Waals surface area (Å²) in [6.45, 7) is 1.24. The molecule has 1 N–H and O–H groups in total. The molecule has 2 rings (SSSR count). The standard InChI is InChI=1S/C13H15ClN2O2/c14-11-3-1-10(2-4-11)5-7-16-8-6-12(17)15-9-13(16)18/h1-4H,5-9H2,(H,15,17). The van der Waals surface area contributed by atoms with Crippen LogP contribution in [0.4, 0.5) is 0 Å². The van der Waals surface area contributed by atoms with Crippen molar-refractivity contribution in [3.8, 4) is 0 Å². The summed E-state index contributed by atoms with van der Waals surface area (Å²) in [5.74, 6) is -0.0767. The first-order chi connectivity index (χ1) is 8.65. The van der Waals surface area contributed by atoms with E-state index in [4.69, 9.17) is 11.6 Å². The number of carbonyl (C=O) groups excluding carboxylic acids is 2. The first-order valence-corrected chi connectivity index (χ1v) is 6.32. The highest BCUT2D eigenvalue weighted by Gasteiger charge is 2.19. The number of nitrogens with zero attached hydrogens (tertiary/aromatic N) is 1. The van der Waals surface area contributed by atoms with E-state index in [-0.39, 0.29) is 18.4 Å². The largest absolute Gasteiger partial charge is 0.347 e. The van der Waals surface area contributed by atoms with Gasteiger partial charge in [-0.25, -0.2) is 0 Å². The first kappa shape index (κ1) is 12.9. The van der Waals surface area contributed by atoms with Crippen molar-refractivity contribution in [3.63, 3.8) is 0 Å². The number of benzene rings is 1. The van der Waals surface area contributed by atoms with E-state index in [2.05, 4.69) is 5.32 Å². The predicted molar refractivity (Wildman–Crippen MR) is 69.4 cm³/mol. The molecule has 0 aromatic heterocycles. The van der Waals surface area contributed by atoms with Crippen molar-refractivity contribution in [2.24, 2.45) is 0 Å². The van der Waals surface area contributed by atoms with Gasteiger partial charge in [-0.3, -0.25) is 9.59 Å². The molecule has 5 heteroatoms. The van der Waals surface area contributed by atoms with Crippen LogP contribution in [0.3, 0.4) is 0 Å². The number of amides is 2. The van der Waals surface area contributed by atoms with Crippen LogP contribution in [0, 0.1) is 0 Å². The van der Waals surface area contributed by atoms with Gasteiger partial charge in [0.2, 0.25) is 11.8 Å². The van der Waals surface area contributed by atoms with Crippen LogP contribution < -0.4 is 5.32 Å². The van der Waals surface area contributed by atoms with Crippen LogP contribution in [0.2, 0.25) is 5.02 Å². The van der Waals surface area contributed by atoms with Gasteiger partial charge in [-0.05, 0) is 24.1 Å². The van der Waals surface area contributed by atoms with Crippen molar-refractivity contribution in [2.75, 3.05) is 19.6 Å². The summed E-state index contributed by atoms with van der Waals surface area (Å²) in [4.78, 5) is 24.6. The predicted octanol–water partition coefficient (Wildman–Crippen LogP) is 1.23. The van der Waals surface area contributed by atoms with Gasteiger partial charge in [0.15, 0.2) is 0 Å². The Balaban J connectivity index is 1.90. The molecule has 0 aliphatic carbocycles. The van der Waals surface area contributed by atoms with Gasteiger partial charge >= 0.3 is 0 Å². The average molecular weight is 267 g/mol. The second-order valence-electron chi connectivity index (χ2n) is 4.28. The molecule has 1 aliphatic heterocycles. The molecule has 4 nitrogen and oxygen atoms in total. The zero-order valence-electron chi connectivity index (χ0n) is 9.99. The molecule has 0 bridgehead atoms. The molecule has 0 saturated carbocycles. The summed E-state index contributed by atoms with van der Waals surface area (Å²) in [5, 5.41) is 3.29. The molecule has 1 aromatic rings. The van der Waals surface area contributed by atoms with E-state index < -0.39 is 0 Å². The minimum absolute atomic E-state index is 0.0187. The summed E-state index contributed by atoms with van der Waals surface area (Å²) in [5.41, 5.74) is 1.13. The third-order valence-electron chi connectivity index (χ3n) is 2.98. The quantitative estimate of drug-likeness (QED) is 0.895. The van der Waals surface area contributed by atoms with E-state index in [0.717, 1.165) is 12.0 Å². The zero-order valence-corrected chi connectivity index (χ0v) is 10.7. The zero-order chi connectivity index (χ0) is 13.0. The molecule has 1 aromatic carbocycles. The summed E-state index contributed by atoms with van der Waals surface area (Å²) in [6.07, 6.45) is 1.16. The van der Waals surface area contributed by atoms with Gasteiger partial charge in [-0.2, -0.15) is 0 Å². The Labute approximate surface area is 111 Å². The molecule has 0 spiro atoms. The normalized spacial score (nSPS) is 16.4. The smallest absolute Gasteiger partial charge is 0.241 e. The first-order valence-electron chi connectivity index (χ1n) is 5.94. The number of nitrogens with one attached hydrogen (secondary N) is 1. The third kappa shape index (κ3) is 3.47. The van der Waals surface area contributed by atoms with Crippen LogP contribution in [-0.2, 0) is 16.0 Å². The molecule has 2 amide bonds. The van der Waals surface area contributed by atoms with Gasteiger partial charge in [0.05, 0.1) is 6.54 Å². The lowest BCUT2D eigenvalue weighted by Crippen LogP contribution is -2.36. The van der Waals surface area contributed by atoms with E-state index >= 15 is 0 Å². The molecular weight excluding hydrogens is 252 g/mol. The lowest BCUT2D eigenvalue weighted by Gasteiger charge is -2.19. The minimum atomic E-state index is -0.0580. The highest BCUT2D eigenvalue weighted by atomic mass is 35.5. The summed E-state index contributed by atoms with van der Waals surface area (Å²) in [6, 6.07) is 7.58. The fourth-order valence-electron chi connectivity index (χ4n) is 1.89. The van der Waals surface area contributed by atoms with Crippen LogP contribution in [-0.4, -0.2) is 36.3 Å². The Kier molecular flexibility index (Phi) is 4.20. The van der Waals surface area contributed by atoms with E-state index in [1.54, 1.807) is 4.90 Å². The second-order valence-corrected chi connectivity index (χ2v) is 4.72. The average Bonchev–Trinajstić information content (AvgIpc) is 2.52. The van der Waals surface area contributed by atoms with Crippen LogP contribution in [0.15, 0.2) is 24.3 Å². The molecule has 18 heavy (non-hydrogen) atoms. The van der Waals surface area contributed by atoms with E-state index in [0.29, 0.717) is 24.5 Å². The van der Waals surface area contributed by atoms with Crippen LogP contribution in [0.1, 0.15) is 12.0 Å². The number of hydrogen-bond acceptors (Lipinski definition) is 2. The number of halogens is 1. The van der Waals surface area contributed by atoms with Gasteiger partial charge < -0.3 is 10.2 Å². The third-order valence-corrected chi connectivity index (χ3v) is 3.23. The summed E-state index contributed by atoms with van der Waals surface area (Å²) >= 11 is 5.81. The highest BCUT2D eigenvalue weighted by Crippen LogP contribution is 2.10. The summed E-state index contributed by atoms with van der Waals surface area (Å²) < 4.78 is 0. The van der Waals surface area contributed by atoms with Gasteiger partial charge in [-0.15, -0.1) is 0 Å². The fraction of sp³-hybridized carbons (Fsp3) is 0.385. The molecule has 0 atom stereocenters. The highest BCUT2D eigenvalue weighted by molar-refractivity contribution is 6.30. The molecule has 1 saturated heterocycles. The Morgan fingerprint density at radius 1 is 1.22 bits per heavy atom. The lowest BCUT2D eigenvalue weighted by molar-refractivity contribution is -0.130. The maximum absolute atomic E-state index is 11.7. The SMILES string of the molecule is O=C1CCN(CCc2ccc(Cl)cc2)C(=O)CN1. The molecular formula is C13H15ClN2O2. The molecule has 0 radical (unpaired) electrons. The van der Waals surface area contributed by atoms with Crippen molar-refractivity contribution in [1.29, 1.82) is 0 Å². The summed E-state index contributed by atoms with van der Waals surface area (Å²) in [7, 11) is 0. The van der Waals surface area contributed by atoms with Crippen LogP contribution >= 0.6 is 11.6 Å². The van der Waals surface area contributed by atoms with Gasteiger partial charge in [0, 0.05) is 24.5 Å². The van der Waals surface area contributed by atoms with E-state index in [1.807, 2.05) is 24.3 Å². The molecule has 1 aliphatic rings. The fourth-order valence-corrected chi connectivity index (χ4v) is 2.01. The van der Waals surface area contributed by atoms with Crippen molar-refractivity contribution in [2.45, 2.75) is 12.8 Å². The van der Waals surface area contributed by atoms with Crippen LogP contribution in [0.25, 0.3) is 0 Å². The Bertz CT molecular complexity index is 445. The molecule has 96 valence electrons. The molecule has 0 unspecified atom stereocenters. The van der Waals surface area contributed by atoms with Gasteiger partial charge in [0.1, 0.15) is 0 Å². The second kappa shape index (κ2) is 5.87. The van der Waals surface area contributed by atoms with Crippen molar-refractivity contribution in [1.82, 2.24) is 10.2 Å². The Morgan fingerprint density at radius 2 is 1.94 bits per heavy atom. The number of rotatable bonds is 3. The minimum Gasteiger partial charge on any atom is -0.347 e. The Morgan fingerprint density at radius 3 is 2.67 bits per heavy atom.